The van der Waals surface area contributed by atoms with Crippen LogP contribution >= 0.6 is 22.9 Å². The normalized spacial score (nSPS) is 12.0. The average Bonchev–Trinajstić information content (AvgIpc) is 3.60. The van der Waals surface area contributed by atoms with Crippen LogP contribution in [0, 0.1) is 0 Å². The van der Waals surface area contributed by atoms with Gasteiger partial charge in [0.05, 0.1) is 22.8 Å². The number of aromatic amines is 1. The van der Waals surface area contributed by atoms with Gasteiger partial charge < -0.3 is 26.3 Å². The van der Waals surface area contributed by atoms with Crippen LogP contribution in [0.15, 0.2) is 43.2 Å². The summed E-state index contributed by atoms with van der Waals surface area (Å²) in [6.07, 6.45) is 1.93. The van der Waals surface area contributed by atoms with E-state index in [1.165, 1.54) is 18.6 Å². The van der Waals surface area contributed by atoms with E-state index in [-0.39, 0.29) is 16.4 Å². The van der Waals surface area contributed by atoms with E-state index >= 15 is 0 Å². The Bertz CT molecular complexity index is 1450. The molecule has 0 fully saturated rings. The van der Waals surface area contributed by atoms with Crippen molar-refractivity contribution in [3.8, 4) is 0 Å². The van der Waals surface area contributed by atoms with E-state index in [2.05, 4.69) is 51.2 Å². The van der Waals surface area contributed by atoms with Crippen LogP contribution in [0.2, 0.25) is 5.02 Å². The molecule has 4 heterocycles. The number of H-pyrrole nitrogens is 1. The fraction of sp³-hybridized carbons (Fsp3) is 0.227. The maximum Gasteiger partial charge on any atom is 0.418 e. The molecular weight excluding hydrogens is 561 g/mol. The number of carbonyl (C=O) groups is 2. The molecule has 0 aliphatic heterocycles. The zero-order chi connectivity index (χ0) is 28.0. The number of rotatable bonds is 10. The van der Waals surface area contributed by atoms with Crippen LogP contribution in [0.1, 0.15) is 43.7 Å². The number of halogens is 4. The summed E-state index contributed by atoms with van der Waals surface area (Å²) in [5, 5.41) is 11.0. The largest absolute Gasteiger partial charge is 0.418 e. The van der Waals surface area contributed by atoms with Gasteiger partial charge in [0.25, 0.3) is 11.8 Å². The Morgan fingerprint density at radius 3 is 2.56 bits per heavy atom. The first kappa shape index (κ1) is 27.7. The number of imidazole rings is 1. The van der Waals surface area contributed by atoms with E-state index in [1.54, 1.807) is 19.3 Å². The summed E-state index contributed by atoms with van der Waals surface area (Å²) in [5.41, 5.74) is -1.01. The molecule has 0 unspecified atom stereocenters. The van der Waals surface area contributed by atoms with Gasteiger partial charge in [-0.3, -0.25) is 9.59 Å². The lowest BCUT2D eigenvalue weighted by molar-refractivity contribution is -0.137. The van der Waals surface area contributed by atoms with Crippen molar-refractivity contribution in [3.05, 3.63) is 69.4 Å². The third kappa shape index (κ3) is 7.38. The Labute approximate surface area is 227 Å². The van der Waals surface area contributed by atoms with Crippen molar-refractivity contribution in [2.45, 2.75) is 19.1 Å². The van der Waals surface area contributed by atoms with Crippen LogP contribution < -0.4 is 21.3 Å². The molecule has 39 heavy (non-hydrogen) atoms. The monoisotopic (exact) mass is 580 g/mol. The number of hydrogen-bond acceptors (Lipinski definition) is 10. The molecule has 0 bridgehead atoms. The van der Waals surface area contributed by atoms with Gasteiger partial charge in [-0.15, -0.1) is 11.3 Å². The predicted octanol–water partition coefficient (Wildman–Crippen LogP) is 3.99. The minimum absolute atomic E-state index is 0.105. The number of amides is 2. The van der Waals surface area contributed by atoms with E-state index in [9.17, 15) is 22.8 Å². The van der Waals surface area contributed by atoms with E-state index in [0.717, 1.165) is 17.5 Å². The molecule has 0 aliphatic rings. The maximum atomic E-state index is 13.1. The third-order valence-corrected chi connectivity index (χ3v) is 6.47. The summed E-state index contributed by atoms with van der Waals surface area (Å²) in [4.78, 5) is 48.3. The fourth-order valence-corrected chi connectivity index (χ4v) is 4.16. The number of aromatic nitrogens is 6. The average molecular weight is 581 g/mol. The molecule has 204 valence electrons. The molecule has 0 saturated carbocycles. The van der Waals surface area contributed by atoms with Crippen LogP contribution in [-0.4, -0.2) is 54.8 Å². The fourth-order valence-electron chi connectivity index (χ4n) is 3.14. The van der Waals surface area contributed by atoms with Crippen LogP contribution in [0.25, 0.3) is 0 Å². The number of thiazole rings is 1. The standard InChI is InChI=1S/C22H20ClF3N10O2S/c1-11(35-18(37)14-7-16(34-10-33-14)27-2-3-28-21-29-4-5-30-21)20-32-9-15(39-20)19(38)36-17-6-12(22(24,25)26)13(23)8-31-17/h4-11H,2-3H2,1H3,(H,35,37)(H,27,33,34)(H2,28,29,30)(H,31,36,38)/t11-/m1/s1. The highest BCUT2D eigenvalue weighted by atomic mass is 35.5. The smallest absolute Gasteiger partial charge is 0.368 e. The molecule has 0 radical (unpaired) electrons. The number of pyridine rings is 1. The van der Waals surface area contributed by atoms with Crippen molar-refractivity contribution in [2.75, 3.05) is 29.0 Å². The highest BCUT2D eigenvalue weighted by molar-refractivity contribution is 7.13. The lowest BCUT2D eigenvalue weighted by Gasteiger charge is -2.12. The predicted molar refractivity (Wildman–Crippen MR) is 138 cm³/mol. The molecule has 17 heteroatoms. The Morgan fingerprint density at radius 2 is 1.82 bits per heavy atom. The van der Waals surface area contributed by atoms with Gasteiger partial charge in [-0.2, -0.15) is 13.2 Å². The minimum Gasteiger partial charge on any atom is -0.368 e. The number of nitrogens with one attached hydrogen (secondary N) is 5. The first-order valence-electron chi connectivity index (χ1n) is 11.2. The second-order valence-corrected chi connectivity index (χ2v) is 9.31. The first-order chi connectivity index (χ1) is 18.6. The Balaban J connectivity index is 1.32. The van der Waals surface area contributed by atoms with Gasteiger partial charge in [0.2, 0.25) is 0 Å². The lowest BCUT2D eigenvalue weighted by Crippen LogP contribution is -2.27. The van der Waals surface area contributed by atoms with Crippen LogP contribution in [0.5, 0.6) is 0 Å². The Morgan fingerprint density at radius 1 is 1.03 bits per heavy atom. The van der Waals surface area contributed by atoms with Gasteiger partial charge >= 0.3 is 6.18 Å². The van der Waals surface area contributed by atoms with Gasteiger partial charge in [-0.25, -0.2) is 24.9 Å². The molecule has 4 aromatic heterocycles. The van der Waals surface area contributed by atoms with Crippen molar-refractivity contribution < 1.29 is 22.8 Å². The van der Waals surface area contributed by atoms with Gasteiger partial charge in [0, 0.05) is 37.7 Å². The highest BCUT2D eigenvalue weighted by Gasteiger charge is 2.34. The third-order valence-electron chi connectivity index (χ3n) is 4.99. The van der Waals surface area contributed by atoms with Crippen LogP contribution in [0.3, 0.4) is 0 Å². The van der Waals surface area contributed by atoms with Gasteiger partial charge in [0.1, 0.15) is 33.5 Å². The summed E-state index contributed by atoms with van der Waals surface area (Å²) in [6, 6.07) is 1.54. The number of alkyl halides is 3. The summed E-state index contributed by atoms with van der Waals surface area (Å²) < 4.78 is 39.2. The van der Waals surface area contributed by atoms with Crippen LogP contribution in [-0.2, 0) is 6.18 Å². The molecule has 5 N–H and O–H groups in total. The molecule has 12 nitrogen and oxygen atoms in total. The van der Waals surface area contributed by atoms with Crippen molar-refractivity contribution in [1.82, 2.24) is 35.2 Å². The van der Waals surface area contributed by atoms with Gasteiger partial charge in [-0.05, 0) is 13.0 Å². The zero-order valence-electron chi connectivity index (χ0n) is 20.0. The molecule has 4 aromatic rings. The van der Waals surface area contributed by atoms with E-state index in [1.807, 2.05) is 0 Å². The van der Waals surface area contributed by atoms with Crippen molar-refractivity contribution in [3.63, 3.8) is 0 Å². The maximum absolute atomic E-state index is 13.1. The van der Waals surface area contributed by atoms with E-state index in [4.69, 9.17) is 11.6 Å². The van der Waals surface area contributed by atoms with Gasteiger partial charge in [-0.1, -0.05) is 11.6 Å². The first-order valence-corrected chi connectivity index (χ1v) is 12.4. The number of carbonyl (C=O) groups excluding carboxylic acids is 2. The molecular formula is C22H20ClF3N10O2S. The Kier molecular flexibility index (Phi) is 8.55. The van der Waals surface area contributed by atoms with E-state index < -0.39 is 34.6 Å². The summed E-state index contributed by atoms with van der Waals surface area (Å²) >= 11 is 6.52. The van der Waals surface area contributed by atoms with Crippen LogP contribution in [0.4, 0.5) is 30.8 Å². The number of nitrogens with zero attached hydrogens (tertiary/aromatic N) is 5. The second-order valence-electron chi connectivity index (χ2n) is 7.84. The minimum atomic E-state index is -4.71. The number of anilines is 3. The molecule has 4 rings (SSSR count). The SMILES string of the molecule is C[C@@H](NC(=O)c1cc(NCCNc2ncc[nH]2)ncn1)c1ncc(C(=O)Nc2cc(C(F)(F)F)c(Cl)cn2)s1. The quantitative estimate of drug-likeness (QED) is 0.175. The lowest BCUT2D eigenvalue weighted by atomic mass is 10.2. The van der Waals surface area contributed by atoms with E-state index in [0.29, 0.717) is 35.9 Å². The van der Waals surface area contributed by atoms with Gasteiger partial charge in [0.15, 0.2) is 5.95 Å². The second kappa shape index (κ2) is 12.0. The number of hydrogen-bond donors (Lipinski definition) is 5. The Hall–Kier alpha value is -4.31. The molecule has 2 amide bonds. The van der Waals surface area contributed by atoms with Crippen molar-refractivity contribution >= 4 is 52.3 Å². The molecule has 0 spiro atoms. The van der Waals surface area contributed by atoms with Crippen molar-refractivity contribution in [1.29, 1.82) is 0 Å². The highest BCUT2D eigenvalue weighted by Crippen LogP contribution is 2.35. The molecule has 0 aromatic carbocycles. The van der Waals surface area contributed by atoms with Crippen molar-refractivity contribution in [2.24, 2.45) is 0 Å². The molecule has 0 saturated heterocycles. The zero-order valence-corrected chi connectivity index (χ0v) is 21.6. The molecule has 0 aliphatic carbocycles. The summed E-state index contributed by atoms with van der Waals surface area (Å²) in [5.74, 6) is -0.450. The summed E-state index contributed by atoms with van der Waals surface area (Å²) in [6.45, 7) is 2.71. The summed E-state index contributed by atoms with van der Waals surface area (Å²) in [7, 11) is 0. The molecule has 1 atom stereocenters. The topological polar surface area (TPSA) is 162 Å².